The predicted molar refractivity (Wildman–Crippen MR) is 248 cm³/mol. The van der Waals surface area contributed by atoms with Gasteiger partial charge in [-0.05, 0) is 74.5 Å². The molecule has 1 saturated carbocycles. The molecule has 10 amide bonds. The zero-order valence-electron chi connectivity index (χ0n) is 38.5. The molecule has 1 aromatic rings. The molecule has 1 aliphatic carbocycles. The Morgan fingerprint density at radius 2 is 1.48 bits per heavy atom. The first-order valence-corrected chi connectivity index (χ1v) is 24.5. The highest BCUT2D eigenvalue weighted by Gasteiger charge is 2.42. The van der Waals surface area contributed by atoms with Crippen molar-refractivity contribution in [1.82, 2.24) is 48.0 Å². The number of benzene rings is 1. The Balaban J connectivity index is 1.20. The van der Waals surface area contributed by atoms with Gasteiger partial charge in [-0.25, -0.2) is 10.3 Å². The molecule has 13 N–H and O–H groups in total. The van der Waals surface area contributed by atoms with Gasteiger partial charge in [0.1, 0.15) is 23.9 Å². The van der Waals surface area contributed by atoms with Crippen LogP contribution < -0.4 is 53.7 Å². The van der Waals surface area contributed by atoms with Gasteiger partial charge in [-0.1, -0.05) is 58.1 Å². The van der Waals surface area contributed by atoms with E-state index in [4.69, 9.17) is 10.9 Å². The van der Waals surface area contributed by atoms with E-state index in [1.165, 1.54) is 12.1 Å². The van der Waals surface area contributed by atoms with Crippen molar-refractivity contribution in [3.05, 3.63) is 29.8 Å². The second kappa shape index (κ2) is 27.9. The average Bonchev–Trinajstić information content (AvgIpc) is 4.04. The van der Waals surface area contributed by atoms with E-state index < -0.39 is 78.5 Å². The summed E-state index contributed by atoms with van der Waals surface area (Å²) in [5, 5.41) is 40.9. The third kappa shape index (κ3) is 19.2. The van der Waals surface area contributed by atoms with Crippen LogP contribution in [0.15, 0.2) is 24.3 Å². The molecule has 0 aromatic heterocycles. The van der Waals surface area contributed by atoms with Crippen LogP contribution in [0.2, 0.25) is 0 Å². The number of rotatable bonds is 29. The zero-order valence-corrected chi connectivity index (χ0v) is 39.3. The lowest BCUT2D eigenvalue weighted by molar-refractivity contribution is -0.137. The zero-order chi connectivity index (χ0) is 48.9. The Bertz CT molecular complexity index is 1870. The van der Waals surface area contributed by atoms with Crippen molar-refractivity contribution >= 4 is 65.1 Å². The summed E-state index contributed by atoms with van der Waals surface area (Å²) in [6.07, 6.45) is 8.18. The normalized spacial score (nSPS) is 19.4. The molecule has 7 atom stereocenters. The van der Waals surface area contributed by atoms with E-state index in [0.29, 0.717) is 43.0 Å². The van der Waals surface area contributed by atoms with E-state index in [1.807, 2.05) is 25.6 Å². The van der Waals surface area contributed by atoms with Crippen LogP contribution in [0, 0.1) is 17.8 Å². The summed E-state index contributed by atoms with van der Waals surface area (Å²) in [6, 6.07) is 2.74. The second-order valence-electron chi connectivity index (χ2n) is 18.2. The summed E-state index contributed by atoms with van der Waals surface area (Å²) >= 11 is 1.83. The molecule has 3 aliphatic rings. The third-order valence-corrected chi connectivity index (χ3v) is 13.7. The summed E-state index contributed by atoms with van der Waals surface area (Å²) in [7, 11) is 0. The fourth-order valence-electron chi connectivity index (χ4n) is 8.67. The number of carbonyl (C=O) groups is 9. The van der Waals surface area contributed by atoms with Gasteiger partial charge in [0, 0.05) is 42.7 Å². The van der Waals surface area contributed by atoms with Gasteiger partial charge < -0.3 is 53.4 Å². The first kappa shape index (κ1) is 54.0. The van der Waals surface area contributed by atoms with E-state index in [1.54, 1.807) is 17.6 Å². The number of unbranched alkanes of at least 4 members (excludes halogenated alkanes) is 2. The first-order valence-electron chi connectivity index (χ1n) is 23.4. The topological polar surface area (TPSA) is 328 Å². The fraction of sp³-hybridized carbons (Fsp3) is 0.667. The molecule has 1 unspecified atom stereocenters. The number of nitrogens with one attached hydrogen (secondary N) is 9. The summed E-state index contributed by atoms with van der Waals surface area (Å²) < 4.78 is 0. The number of nitrogens with two attached hydrogens (primary N) is 1. The van der Waals surface area contributed by atoms with Gasteiger partial charge in [-0.2, -0.15) is 11.8 Å². The molecule has 1 aromatic carbocycles. The van der Waals surface area contributed by atoms with Gasteiger partial charge in [-0.3, -0.25) is 43.6 Å². The molecule has 0 radical (unpaired) electrons. The van der Waals surface area contributed by atoms with Gasteiger partial charge in [-0.15, -0.1) is 0 Å². The number of amides is 10. The van der Waals surface area contributed by atoms with E-state index in [0.717, 1.165) is 50.7 Å². The number of fused-ring (bicyclic) bond motifs is 1. The van der Waals surface area contributed by atoms with Crippen molar-refractivity contribution in [2.45, 2.75) is 146 Å². The SMILES string of the molecule is CC(C)C[C@H](NC(=O)C(CC(=O)NO)CC1CCCC1)C(=O)N[C@@H](Cc1ccc(O)cc1)C(=O)NCC(=O)NCC(=O)N[C@@H](CCCCNC(=O)CCCC[C@@H]1SC[C@@H]2NC(=O)N[C@@H]21)C(N)=O. The summed E-state index contributed by atoms with van der Waals surface area (Å²) in [5.41, 5.74) is 7.66. The number of thioether (sulfide) groups is 1. The lowest BCUT2D eigenvalue weighted by Gasteiger charge is -2.26. The van der Waals surface area contributed by atoms with Crippen molar-refractivity contribution in [1.29, 1.82) is 0 Å². The number of hydrogen-bond acceptors (Lipinski definition) is 12. The molecule has 2 aliphatic heterocycles. The molecular weight excluding hydrogens is 889 g/mol. The molecule has 2 heterocycles. The number of hydroxylamine groups is 1. The maximum absolute atomic E-state index is 13.9. The first-order chi connectivity index (χ1) is 32.0. The summed E-state index contributed by atoms with van der Waals surface area (Å²) in [4.78, 5) is 115. The number of urea groups is 1. The Morgan fingerprint density at radius 1 is 0.776 bits per heavy atom. The van der Waals surface area contributed by atoms with Crippen LogP contribution in [0.25, 0.3) is 0 Å². The van der Waals surface area contributed by atoms with Crippen molar-refractivity contribution in [2.24, 2.45) is 23.5 Å². The van der Waals surface area contributed by atoms with E-state index in [9.17, 15) is 48.3 Å². The summed E-state index contributed by atoms with van der Waals surface area (Å²) in [5.74, 6) is -4.79. The van der Waals surface area contributed by atoms with Crippen molar-refractivity contribution in [2.75, 3.05) is 25.4 Å². The standard InChI is InChI=1S/C45H70N10O11S/c1-26(2)19-32(51-42(62)29(22-37(58)55-66)20-27-9-3-4-10-27)44(64)52-33(21-28-14-16-30(56)17-15-28)43(63)49-23-38(59)48-24-39(60)50-31(41(46)61)11-7-8-18-47-36(57)13-6-5-12-35-40-34(25-67-35)53-45(65)54-40/h14-17,26-27,29,31-35,40,56,66H,3-13,18-25H2,1-2H3,(H2,46,61)(H,47,57)(H,48,59)(H,49,63)(H,50,60)(H,51,62)(H,52,64)(H,55,58)(H2,53,54,65)/t29?,31-,32-,33-,34-,35-,40-/m0/s1. The van der Waals surface area contributed by atoms with Gasteiger partial charge in [0.25, 0.3) is 0 Å². The minimum atomic E-state index is -1.25. The van der Waals surface area contributed by atoms with Gasteiger partial charge >= 0.3 is 6.03 Å². The van der Waals surface area contributed by atoms with E-state index in [-0.39, 0.29) is 67.3 Å². The predicted octanol–water partition coefficient (Wildman–Crippen LogP) is 0.257. The summed E-state index contributed by atoms with van der Waals surface area (Å²) in [6.45, 7) is 2.97. The highest BCUT2D eigenvalue weighted by Crippen LogP contribution is 2.33. The lowest BCUT2D eigenvalue weighted by Crippen LogP contribution is -2.56. The number of aromatic hydroxyl groups is 1. The fourth-order valence-corrected chi connectivity index (χ4v) is 10.2. The van der Waals surface area contributed by atoms with Gasteiger partial charge in [0.15, 0.2) is 0 Å². The largest absolute Gasteiger partial charge is 0.508 e. The van der Waals surface area contributed by atoms with Crippen LogP contribution in [0.5, 0.6) is 5.75 Å². The second-order valence-corrected chi connectivity index (χ2v) is 19.4. The molecule has 0 spiro atoms. The van der Waals surface area contributed by atoms with E-state index in [2.05, 4.69) is 42.5 Å². The molecule has 2 saturated heterocycles. The monoisotopic (exact) mass is 958 g/mol. The van der Waals surface area contributed by atoms with Crippen LogP contribution in [0.4, 0.5) is 4.79 Å². The molecule has 21 nitrogen and oxygen atoms in total. The van der Waals surface area contributed by atoms with Crippen molar-refractivity contribution in [3.63, 3.8) is 0 Å². The Kier molecular flexibility index (Phi) is 22.4. The maximum atomic E-state index is 13.9. The Hall–Kier alpha value is -5.64. The molecular formula is C45H70N10O11S. The Morgan fingerprint density at radius 3 is 2.16 bits per heavy atom. The van der Waals surface area contributed by atoms with Crippen molar-refractivity contribution < 1.29 is 53.5 Å². The number of hydrogen-bond donors (Lipinski definition) is 12. The smallest absolute Gasteiger partial charge is 0.315 e. The maximum Gasteiger partial charge on any atom is 0.315 e. The highest BCUT2D eigenvalue weighted by molar-refractivity contribution is 8.00. The molecule has 372 valence electrons. The van der Waals surface area contributed by atoms with Gasteiger partial charge in [0.05, 0.1) is 25.2 Å². The molecule has 0 bridgehead atoms. The molecule has 3 fully saturated rings. The minimum Gasteiger partial charge on any atom is -0.508 e. The number of carbonyl (C=O) groups excluding carboxylic acids is 9. The van der Waals surface area contributed by atoms with Gasteiger partial charge in [0.2, 0.25) is 47.3 Å². The van der Waals surface area contributed by atoms with Crippen LogP contribution in [-0.4, -0.2) is 124 Å². The Labute approximate surface area is 395 Å². The third-order valence-electron chi connectivity index (χ3n) is 12.2. The quantitative estimate of drug-likeness (QED) is 0.0223. The number of phenolic OH excluding ortho intramolecular Hbond substituents is 1. The van der Waals surface area contributed by atoms with Crippen LogP contribution in [-0.2, 0) is 44.8 Å². The lowest BCUT2D eigenvalue weighted by atomic mass is 9.89. The van der Waals surface area contributed by atoms with E-state index >= 15 is 0 Å². The van der Waals surface area contributed by atoms with Crippen molar-refractivity contribution in [3.8, 4) is 5.75 Å². The highest BCUT2D eigenvalue weighted by atomic mass is 32.2. The average molecular weight is 959 g/mol. The number of phenols is 1. The van der Waals surface area contributed by atoms with Crippen LogP contribution >= 0.6 is 11.8 Å². The van der Waals surface area contributed by atoms with Crippen LogP contribution in [0.3, 0.4) is 0 Å². The molecule has 4 rings (SSSR count). The van der Waals surface area contributed by atoms with Crippen LogP contribution in [0.1, 0.15) is 109 Å². The number of primary amides is 1. The molecule has 67 heavy (non-hydrogen) atoms. The molecule has 22 heteroatoms. The minimum absolute atomic E-state index is 0.0183.